The van der Waals surface area contributed by atoms with Gasteiger partial charge in [-0.1, -0.05) is 0 Å². The Morgan fingerprint density at radius 1 is 1.50 bits per heavy atom. The summed E-state index contributed by atoms with van der Waals surface area (Å²) in [6.45, 7) is 2.07. The average Bonchev–Trinajstić information content (AvgIpc) is 2.58. The number of nitrogen functional groups attached to an aromatic ring is 1. The molecule has 0 saturated carbocycles. The van der Waals surface area contributed by atoms with Gasteiger partial charge in [-0.3, -0.25) is 0 Å². The second kappa shape index (κ2) is 2.64. The second-order valence-electron chi connectivity index (χ2n) is 2.65. The molecule has 2 aromatic rings. The predicted octanol–water partition coefficient (Wildman–Crippen LogP) is 2.03. The summed E-state index contributed by atoms with van der Waals surface area (Å²) in [5.74, 6) is 0.468. The number of anilines is 1. The van der Waals surface area contributed by atoms with E-state index in [9.17, 15) is 0 Å². The van der Waals surface area contributed by atoms with Crippen LogP contribution in [0.1, 0.15) is 5.56 Å². The molecule has 12 heavy (non-hydrogen) atoms. The molecular formula is C8H9N3S. The number of H-pyrrole nitrogens is 1. The van der Waals surface area contributed by atoms with E-state index >= 15 is 0 Å². The number of nitrogens with zero attached hydrogens (tertiary/aromatic N) is 1. The first-order chi connectivity index (χ1) is 5.77. The van der Waals surface area contributed by atoms with Crippen molar-refractivity contribution in [3.8, 4) is 11.3 Å². The van der Waals surface area contributed by atoms with Crippen LogP contribution < -0.4 is 5.73 Å². The molecule has 3 nitrogen and oxygen atoms in total. The molecule has 0 aliphatic carbocycles. The molecule has 0 aliphatic heterocycles. The summed E-state index contributed by atoms with van der Waals surface area (Å²) >= 11 is 1.68. The molecule has 2 aromatic heterocycles. The number of aromatic amines is 1. The number of aryl methyl sites for hydroxylation is 1. The fourth-order valence-electron chi connectivity index (χ4n) is 1.11. The van der Waals surface area contributed by atoms with Gasteiger partial charge in [-0.25, -0.2) is 4.98 Å². The molecule has 0 amide bonds. The van der Waals surface area contributed by atoms with Crippen LogP contribution in [0.2, 0.25) is 0 Å². The highest BCUT2D eigenvalue weighted by molar-refractivity contribution is 7.08. The third-order valence-corrected chi connectivity index (χ3v) is 2.60. The van der Waals surface area contributed by atoms with Crippen molar-refractivity contribution in [2.24, 2.45) is 0 Å². The molecule has 0 aliphatic rings. The molecule has 4 heteroatoms. The van der Waals surface area contributed by atoms with Gasteiger partial charge in [-0.15, -0.1) is 0 Å². The maximum atomic E-state index is 5.47. The number of hydrogen-bond acceptors (Lipinski definition) is 3. The minimum Gasteiger partial charge on any atom is -0.369 e. The lowest BCUT2D eigenvalue weighted by atomic mass is 10.2. The highest BCUT2D eigenvalue weighted by atomic mass is 32.1. The molecular weight excluding hydrogens is 170 g/mol. The van der Waals surface area contributed by atoms with E-state index in [1.807, 2.05) is 0 Å². The molecule has 2 heterocycles. The van der Waals surface area contributed by atoms with E-state index < -0.39 is 0 Å². The van der Waals surface area contributed by atoms with Gasteiger partial charge in [-0.2, -0.15) is 11.3 Å². The van der Waals surface area contributed by atoms with Gasteiger partial charge in [0.25, 0.3) is 0 Å². The van der Waals surface area contributed by atoms with Gasteiger partial charge in [0.05, 0.1) is 11.9 Å². The number of hydrogen-bond donors (Lipinski definition) is 2. The van der Waals surface area contributed by atoms with Crippen molar-refractivity contribution in [3.63, 3.8) is 0 Å². The highest BCUT2D eigenvalue weighted by Crippen LogP contribution is 2.25. The monoisotopic (exact) mass is 179 g/mol. The lowest BCUT2D eigenvalue weighted by molar-refractivity contribution is 1.32. The lowest BCUT2D eigenvalue weighted by Gasteiger charge is -1.92. The van der Waals surface area contributed by atoms with Crippen molar-refractivity contribution in [1.82, 2.24) is 9.97 Å². The van der Waals surface area contributed by atoms with Crippen molar-refractivity contribution >= 4 is 17.3 Å². The zero-order valence-corrected chi connectivity index (χ0v) is 7.48. The van der Waals surface area contributed by atoms with E-state index in [-0.39, 0.29) is 0 Å². The lowest BCUT2D eigenvalue weighted by Crippen LogP contribution is -1.85. The van der Waals surface area contributed by atoms with E-state index in [0.717, 1.165) is 5.69 Å². The molecule has 0 bridgehead atoms. The Bertz CT molecular complexity index is 388. The van der Waals surface area contributed by atoms with E-state index in [1.54, 1.807) is 17.5 Å². The molecule has 2 rings (SSSR count). The van der Waals surface area contributed by atoms with Crippen LogP contribution in [0.15, 0.2) is 17.0 Å². The molecule has 3 N–H and O–H groups in total. The Morgan fingerprint density at radius 2 is 2.33 bits per heavy atom. The minimum absolute atomic E-state index is 0.468. The maximum Gasteiger partial charge on any atom is 0.197 e. The van der Waals surface area contributed by atoms with Gasteiger partial charge in [-0.05, 0) is 17.9 Å². The molecule has 0 aromatic carbocycles. The second-order valence-corrected chi connectivity index (χ2v) is 3.39. The van der Waals surface area contributed by atoms with Gasteiger partial charge in [0.1, 0.15) is 0 Å². The van der Waals surface area contributed by atoms with Gasteiger partial charge in [0.2, 0.25) is 0 Å². The van der Waals surface area contributed by atoms with E-state index in [1.165, 1.54) is 11.1 Å². The van der Waals surface area contributed by atoms with Crippen molar-refractivity contribution in [2.75, 3.05) is 5.73 Å². The summed E-state index contributed by atoms with van der Waals surface area (Å²) in [6.07, 6.45) is 1.75. The van der Waals surface area contributed by atoms with E-state index in [2.05, 4.69) is 27.7 Å². The molecule has 0 radical (unpaired) electrons. The van der Waals surface area contributed by atoms with Gasteiger partial charge in [0, 0.05) is 10.9 Å². The van der Waals surface area contributed by atoms with Crippen molar-refractivity contribution < 1.29 is 0 Å². The van der Waals surface area contributed by atoms with E-state index in [0.29, 0.717) is 5.95 Å². The molecule has 0 fully saturated rings. The number of aromatic nitrogens is 2. The number of thiophene rings is 1. The summed E-state index contributed by atoms with van der Waals surface area (Å²) in [5, 5.41) is 4.19. The van der Waals surface area contributed by atoms with Crippen molar-refractivity contribution in [2.45, 2.75) is 6.92 Å². The third kappa shape index (κ3) is 1.10. The summed E-state index contributed by atoms with van der Waals surface area (Å²) in [5.41, 5.74) is 8.90. The molecule has 0 unspecified atom stereocenters. The smallest absolute Gasteiger partial charge is 0.197 e. The Balaban J connectivity index is 2.50. The summed E-state index contributed by atoms with van der Waals surface area (Å²) in [4.78, 5) is 6.93. The van der Waals surface area contributed by atoms with Crippen molar-refractivity contribution in [1.29, 1.82) is 0 Å². The SMILES string of the molecule is Cc1cscc1-c1cnc(N)[nH]1. The minimum atomic E-state index is 0.468. The van der Waals surface area contributed by atoms with Gasteiger partial charge < -0.3 is 10.7 Å². The van der Waals surface area contributed by atoms with Crippen LogP contribution in [0.5, 0.6) is 0 Å². The first-order valence-electron chi connectivity index (χ1n) is 3.61. The Morgan fingerprint density at radius 3 is 2.83 bits per heavy atom. The van der Waals surface area contributed by atoms with Crippen LogP contribution >= 0.6 is 11.3 Å². The number of imidazole rings is 1. The average molecular weight is 179 g/mol. The molecule has 0 spiro atoms. The van der Waals surface area contributed by atoms with Crippen LogP contribution in [-0.4, -0.2) is 9.97 Å². The Kier molecular flexibility index (Phi) is 1.62. The van der Waals surface area contributed by atoms with Crippen LogP contribution in [0, 0.1) is 6.92 Å². The Hall–Kier alpha value is -1.29. The van der Waals surface area contributed by atoms with Crippen LogP contribution in [0.4, 0.5) is 5.95 Å². The van der Waals surface area contributed by atoms with Crippen molar-refractivity contribution in [3.05, 3.63) is 22.5 Å². The fraction of sp³-hybridized carbons (Fsp3) is 0.125. The van der Waals surface area contributed by atoms with Crippen LogP contribution in [-0.2, 0) is 0 Å². The summed E-state index contributed by atoms with van der Waals surface area (Å²) in [6, 6.07) is 0. The summed E-state index contributed by atoms with van der Waals surface area (Å²) in [7, 11) is 0. The largest absolute Gasteiger partial charge is 0.369 e. The molecule has 62 valence electrons. The third-order valence-electron chi connectivity index (χ3n) is 1.74. The Labute approximate surface area is 74.3 Å². The van der Waals surface area contributed by atoms with E-state index in [4.69, 9.17) is 5.73 Å². The topological polar surface area (TPSA) is 54.7 Å². The standard InChI is InChI=1S/C8H9N3S/c1-5-3-12-4-6(5)7-2-10-8(9)11-7/h2-4H,1H3,(H3,9,10,11). The zero-order chi connectivity index (χ0) is 8.55. The number of nitrogens with one attached hydrogen (secondary N) is 1. The predicted molar refractivity (Wildman–Crippen MR) is 51.1 cm³/mol. The molecule has 0 atom stereocenters. The first kappa shape index (κ1) is 7.36. The highest BCUT2D eigenvalue weighted by Gasteiger charge is 2.04. The van der Waals surface area contributed by atoms with Crippen LogP contribution in [0.25, 0.3) is 11.3 Å². The first-order valence-corrected chi connectivity index (χ1v) is 4.55. The van der Waals surface area contributed by atoms with Gasteiger partial charge >= 0.3 is 0 Å². The quantitative estimate of drug-likeness (QED) is 0.703. The van der Waals surface area contributed by atoms with Gasteiger partial charge in [0.15, 0.2) is 5.95 Å². The van der Waals surface area contributed by atoms with Crippen LogP contribution in [0.3, 0.4) is 0 Å². The number of rotatable bonds is 1. The maximum absolute atomic E-state index is 5.47. The normalized spacial score (nSPS) is 10.4. The fourth-order valence-corrected chi connectivity index (χ4v) is 1.96. The molecule has 0 saturated heterocycles. The zero-order valence-electron chi connectivity index (χ0n) is 6.66. The summed E-state index contributed by atoms with van der Waals surface area (Å²) < 4.78 is 0. The number of nitrogens with two attached hydrogens (primary N) is 1.